The van der Waals surface area contributed by atoms with Gasteiger partial charge in [-0.05, 0) is 12.5 Å². The first kappa shape index (κ1) is 13.1. The number of ether oxygens (including phenoxy) is 1. The van der Waals surface area contributed by atoms with Crippen LogP contribution in [0.4, 0.5) is 0 Å². The van der Waals surface area contributed by atoms with Gasteiger partial charge in [0.15, 0.2) is 0 Å². The molecule has 2 unspecified atom stereocenters. The number of aryl methyl sites for hydroxylation is 1. The molecule has 1 aromatic carbocycles. The van der Waals surface area contributed by atoms with Gasteiger partial charge >= 0.3 is 0 Å². The Morgan fingerprint density at radius 3 is 2.39 bits per heavy atom. The summed E-state index contributed by atoms with van der Waals surface area (Å²) in [7, 11) is 0. The number of nitrogens with zero attached hydrogens (tertiary/aromatic N) is 2. The first-order valence-electron chi connectivity index (χ1n) is 6.50. The Morgan fingerprint density at radius 2 is 1.83 bits per heavy atom. The molecule has 1 aliphatic rings. The van der Waals surface area contributed by atoms with Crippen LogP contribution in [0.3, 0.4) is 0 Å². The van der Waals surface area contributed by atoms with Gasteiger partial charge in [-0.2, -0.15) is 5.26 Å². The lowest BCUT2D eigenvalue weighted by atomic mass is 9.92. The zero-order valence-electron chi connectivity index (χ0n) is 11.1. The number of hydrogen-bond donors (Lipinski definition) is 0. The fourth-order valence-electron chi connectivity index (χ4n) is 2.42. The lowest BCUT2D eigenvalue weighted by Gasteiger charge is -2.33. The van der Waals surface area contributed by atoms with E-state index < -0.39 is 0 Å². The van der Waals surface area contributed by atoms with Crippen LogP contribution in [0.15, 0.2) is 24.3 Å². The van der Waals surface area contributed by atoms with Gasteiger partial charge < -0.3 is 4.74 Å². The second kappa shape index (κ2) is 5.99. The zero-order chi connectivity index (χ0) is 13.0. The Morgan fingerprint density at radius 1 is 1.22 bits per heavy atom. The van der Waals surface area contributed by atoms with Crippen LogP contribution in [0.1, 0.15) is 24.0 Å². The largest absolute Gasteiger partial charge is 0.379 e. The van der Waals surface area contributed by atoms with Crippen LogP contribution in [0.2, 0.25) is 0 Å². The second-order valence-electron chi connectivity index (χ2n) is 4.92. The van der Waals surface area contributed by atoms with Crippen LogP contribution in [-0.2, 0) is 4.74 Å². The highest BCUT2D eigenvalue weighted by molar-refractivity contribution is 5.27. The Hall–Kier alpha value is -1.37. The van der Waals surface area contributed by atoms with Crippen molar-refractivity contribution in [2.75, 3.05) is 26.3 Å². The molecular weight excluding hydrogens is 224 g/mol. The first-order chi connectivity index (χ1) is 8.72. The molecule has 96 valence electrons. The maximum Gasteiger partial charge on any atom is 0.105 e. The molecule has 1 saturated heterocycles. The first-order valence-corrected chi connectivity index (χ1v) is 6.50. The molecular formula is C15H20N2O. The molecule has 0 N–H and O–H groups in total. The van der Waals surface area contributed by atoms with E-state index in [1.54, 1.807) is 0 Å². The molecule has 0 spiro atoms. The lowest BCUT2D eigenvalue weighted by Crippen LogP contribution is -2.45. The third kappa shape index (κ3) is 2.90. The van der Waals surface area contributed by atoms with Gasteiger partial charge in [-0.15, -0.1) is 0 Å². The Kier molecular flexibility index (Phi) is 4.35. The molecule has 1 fully saturated rings. The predicted octanol–water partition coefficient (Wildman–Crippen LogP) is 2.32. The Bertz CT molecular complexity index is 415. The third-order valence-corrected chi connectivity index (χ3v) is 3.65. The molecule has 2 atom stereocenters. The molecule has 0 aliphatic carbocycles. The molecule has 0 radical (unpaired) electrons. The van der Waals surface area contributed by atoms with E-state index in [-0.39, 0.29) is 12.0 Å². The minimum atomic E-state index is -0.0587. The zero-order valence-corrected chi connectivity index (χ0v) is 11.1. The van der Waals surface area contributed by atoms with Crippen molar-refractivity contribution in [3.63, 3.8) is 0 Å². The molecule has 0 bridgehead atoms. The fourth-order valence-corrected chi connectivity index (χ4v) is 2.42. The summed E-state index contributed by atoms with van der Waals surface area (Å²) in [5, 5.41) is 9.43. The maximum atomic E-state index is 9.43. The van der Waals surface area contributed by atoms with Gasteiger partial charge in [-0.1, -0.05) is 36.8 Å². The van der Waals surface area contributed by atoms with E-state index in [9.17, 15) is 5.26 Å². The lowest BCUT2D eigenvalue weighted by molar-refractivity contribution is 0.0231. The highest BCUT2D eigenvalue weighted by Gasteiger charge is 2.26. The smallest absolute Gasteiger partial charge is 0.105 e. The Balaban J connectivity index is 2.11. The summed E-state index contributed by atoms with van der Waals surface area (Å²) in [6.45, 7) is 7.40. The van der Waals surface area contributed by atoms with Crippen LogP contribution >= 0.6 is 0 Å². The van der Waals surface area contributed by atoms with E-state index in [4.69, 9.17) is 4.74 Å². The number of hydrogen-bond acceptors (Lipinski definition) is 3. The van der Waals surface area contributed by atoms with Crippen LogP contribution in [0.5, 0.6) is 0 Å². The highest BCUT2D eigenvalue weighted by Crippen LogP contribution is 2.23. The van der Waals surface area contributed by atoms with Crippen molar-refractivity contribution in [2.45, 2.75) is 25.8 Å². The van der Waals surface area contributed by atoms with E-state index in [2.05, 4.69) is 49.1 Å². The molecule has 1 heterocycles. The van der Waals surface area contributed by atoms with Gasteiger partial charge in [0.05, 0.1) is 19.3 Å². The second-order valence-corrected chi connectivity index (χ2v) is 4.92. The molecule has 0 aromatic heterocycles. The van der Waals surface area contributed by atoms with Crippen molar-refractivity contribution in [1.29, 1.82) is 5.26 Å². The van der Waals surface area contributed by atoms with Gasteiger partial charge in [-0.3, -0.25) is 4.90 Å². The quantitative estimate of drug-likeness (QED) is 0.818. The molecule has 2 rings (SSSR count). The summed E-state index contributed by atoms with van der Waals surface area (Å²) >= 11 is 0. The summed E-state index contributed by atoms with van der Waals surface area (Å²) in [4.78, 5) is 2.23. The van der Waals surface area contributed by atoms with Gasteiger partial charge in [0, 0.05) is 19.0 Å². The third-order valence-electron chi connectivity index (χ3n) is 3.65. The monoisotopic (exact) mass is 244 g/mol. The summed E-state index contributed by atoms with van der Waals surface area (Å²) in [6.07, 6.45) is 0. The predicted molar refractivity (Wildman–Crippen MR) is 71.4 cm³/mol. The number of nitriles is 1. The molecule has 3 heteroatoms. The minimum Gasteiger partial charge on any atom is -0.379 e. The molecule has 1 aliphatic heterocycles. The van der Waals surface area contributed by atoms with Gasteiger partial charge in [0.2, 0.25) is 0 Å². The number of morpholine rings is 1. The highest BCUT2D eigenvalue weighted by atomic mass is 16.5. The summed E-state index contributed by atoms with van der Waals surface area (Å²) in [5.41, 5.74) is 2.49. The van der Waals surface area contributed by atoms with Crippen molar-refractivity contribution in [3.05, 3.63) is 35.4 Å². The SMILES string of the molecule is Cc1ccc(C(C)C(C#N)N2CCOCC2)cc1. The molecule has 1 aromatic rings. The fraction of sp³-hybridized carbons (Fsp3) is 0.533. The van der Waals surface area contributed by atoms with E-state index >= 15 is 0 Å². The van der Waals surface area contributed by atoms with Crippen molar-refractivity contribution in [2.24, 2.45) is 0 Å². The standard InChI is InChI=1S/C15H20N2O/c1-12-3-5-14(6-4-12)13(2)15(11-16)17-7-9-18-10-8-17/h3-6,13,15H,7-10H2,1-2H3. The van der Waals surface area contributed by atoms with Crippen LogP contribution in [-0.4, -0.2) is 37.2 Å². The van der Waals surface area contributed by atoms with E-state index in [1.165, 1.54) is 11.1 Å². The van der Waals surface area contributed by atoms with Gasteiger partial charge in [-0.25, -0.2) is 0 Å². The normalized spacial score (nSPS) is 20.1. The van der Waals surface area contributed by atoms with Crippen LogP contribution in [0.25, 0.3) is 0 Å². The van der Waals surface area contributed by atoms with Crippen molar-refractivity contribution in [3.8, 4) is 6.07 Å². The van der Waals surface area contributed by atoms with E-state index in [0.717, 1.165) is 26.3 Å². The van der Waals surface area contributed by atoms with Crippen molar-refractivity contribution < 1.29 is 4.74 Å². The van der Waals surface area contributed by atoms with Crippen molar-refractivity contribution in [1.82, 2.24) is 4.90 Å². The average Bonchev–Trinajstić information content (AvgIpc) is 2.41. The van der Waals surface area contributed by atoms with E-state index in [1.807, 2.05) is 0 Å². The average molecular weight is 244 g/mol. The summed E-state index contributed by atoms with van der Waals surface area (Å²) in [6, 6.07) is 10.9. The van der Waals surface area contributed by atoms with Crippen LogP contribution < -0.4 is 0 Å². The molecule has 0 amide bonds. The van der Waals surface area contributed by atoms with Gasteiger partial charge in [0.25, 0.3) is 0 Å². The summed E-state index contributed by atoms with van der Waals surface area (Å²) < 4.78 is 5.34. The van der Waals surface area contributed by atoms with Gasteiger partial charge in [0.1, 0.15) is 6.04 Å². The molecule has 18 heavy (non-hydrogen) atoms. The number of benzene rings is 1. The topological polar surface area (TPSA) is 36.3 Å². The summed E-state index contributed by atoms with van der Waals surface area (Å²) in [5.74, 6) is 0.230. The minimum absolute atomic E-state index is 0.0587. The number of rotatable bonds is 3. The molecule has 0 saturated carbocycles. The maximum absolute atomic E-state index is 9.43. The Labute approximate surface area is 109 Å². The van der Waals surface area contributed by atoms with E-state index in [0.29, 0.717) is 0 Å². The molecule has 3 nitrogen and oxygen atoms in total. The van der Waals surface area contributed by atoms with Crippen molar-refractivity contribution >= 4 is 0 Å². The van der Waals surface area contributed by atoms with Crippen LogP contribution in [0, 0.1) is 18.3 Å².